The van der Waals surface area contributed by atoms with Crippen LogP contribution in [0.2, 0.25) is 0 Å². The van der Waals surface area contributed by atoms with Crippen LogP contribution in [-0.4, -0.2) is 50.6 Å². The number of benzene rings is 1. The van der Waals surface area contributed by atoms with Gasteiger partial charge in [-0.1, -0.05) is 18.2 Å². The number of nitrogens with zero attached hydrogens (tertiary/aromatic N) is 4. The van der Waals surface area contributed by atoms with Crippen molar-refractivity contribution in [1.29, 1.82) is 0 Å². The van der Waals surface area contributed by atoms with E-state index in [9.17, 15) is 4.79 Å². The van der Waals surface area contributed by atoms with Gasteiger partial charge >= 0.3 is 0 Å². The first kappa shape index (κ1) is 19.3. The highest BCUT2D eigenvalue weighted by atomic mass is 16.7. The van der Waals surface area contributed by atoms with Crippen LogP contribution in [0.15, 0.2) is 67.1 Å². The van der Waals surface area contributed by atoms with Crippen molar-refractivity contribution >= 4 is 5.91 Å². The molecule has 7 heteroatoms. The second-order valence-electron chi connectivity index (χ2n) is 7.44. The van der Waals surface area contributed by atoms with Gasteiger partial charge in [-0.3, -0.25) is 9.78 Å². The van der Waals surface area contributed by atoms with Gasteiger partial charge in [-0.25, -0.2) is 4.68 Å². The molecule has 0 spiro atoms. The van der Waals surface area contributed by atoms with Crippen LogP contribution in [0.25, 0.3) is 5.69 Å². The van der Waals surface area contributed by atoms with Gasteiger partial charge in [-0.05, 0) is 44.2 Å². The number of para-hydroxylation sites is 1. The van der Waals surface area contributed by atoms with Crippen LogP contribution in [0.3, 0.4) is 0 Å². The summed E-state index contributed by atoms with van der Waals surface area (Å²) in [6.07, 6.45) is 4.80. The number of carbonyl (C=O) groups excluding carboxylic acids is 1. The molecule has 3 aromatic rings. The largest absolute Gasteiger partial charge is 0.348 e. The molecular weight excluding hydrogens is 368 g/mol. The lowest BCUT2D eigenvalue weighted by molar-refractivity contribution is -0.139. The number of hydrogen-bond acceptors (Lipinski definition) is 5. The van der Waals surface area contributed by atoms with E-state index >= 15 is 0 Å². The van der Waals surface area contributed by atoms with E-state index in [-0.39, 0.29) is 12.0 Å². The highest BCUT2D eigenvalue weighted by Crippen LogP contribution is 2.24. The van der Waals surface area contributed by atoms with Crippen LogP contribution in [-0.2, 0) is 16.0 Å². The van der Waals surface area contributed by atoms with Gasteiger partial charge in [0.15, 0.2) is 5.79 Å². The van der Waals surface area contributed by atoms with Gasteiger partial charge in [-0.15, -0.1) is 0 Å². The third-order valence-corrected chi connectivity index (χ3v) is 4.78. The van der Waals surface area contributed by atoms with Gasteiger partial charge in [0.25, 0.3) is 5.91 Å². The Morgan fingerprint density at radius 2 is 1.90 bits per heavy atom. The molecule has 1 amide bonds. The Hall–Kier alpha value is -3.03. The van der Waals surface area contributed by atoms with E-state index < -0.39 is 5.79 Å². The fourth-order valence-corrected chi connectivity index (χ4v) is 3.44. The van der Waals surface area contributed by atoms with Crippen LogP contribution in [0.4, 0.5) is 0 Å². The second-order valence-corrected chi connectivity index (χ2v) is 7.44. The maximum Gasteiger partial charge on any atom is 0.254 e. The van der Waals surface area contributed by atoms with Crippen molar-refractivity contribution in [3.05, 3.63) is 78.4 Å². The van der Waals surface area contributed by atoms with Crippen LogP contribution in [0, 0.1) is 0 Å². The van der Waals surface area contributed by atoms with E-state index in [1.807, 2.05) is 54.9 Å². The Morgan fingerprint density at radius 1 is 1.14 bits per heavy atom. The number of aromatic nitrogens is 3. The number of ether oxygens (including phenoxy) is 2. The highest BCUT2D eigenvalue weighted by molar-refractivity contribution is 5.94. The summed E-state index contributed by atoms with van der Waals surface area (Å²) in [5.74, 6) is -0.719. The van der Waals surface area contributed by atoms with Crippen molar-refractivity contribution < 1.29 is 14.3 Å². The molecule has 0 saturated carbocycles. The second kappa shape index (κ2) is 8.14. The van der Waals surface area contributed by atoms with Gasteiger partial charge in [0, 0.05) is 24.2 Å². The van der Waals surface area contributed by atoms with E-state index in [0.29, 0.717) is 25.3 Å². The summed E-state index contributed by atoms with van der Waals surface area (Å²) in [6, 6.07) is 15.2. The van der Waals surface area contributed by atoms with Gasteiger partial charge in [0.1, 0.15) is 6.10 Å². The lowest BCUT2D eigenvalue weighted by atomic mass is 10.2. The molecule has 1 aromatic carbocycles. The summed E-state index contributed by atoms with van der Waals surface area (Å²) in [5.41, 5.74) is 2.45. The molecule has 1 aliphatic heterocycles. The maximum absolute atomic E-state index is 13.2. The predicted molar refractivity (Wildman–Crippen MR) is 107 cm³/mol. The topological polar surface area (TPSA) is 69.5 Å². The molecule has 29 heavy (non-hydrogen) atoms. The first-order valence-corrected chi connectivity index (χ1v) is 9.61. The summed E-state index contributed by atoms with van der Waals surface area (Å²) in [7, 11) is 0. The standard InChI is InChI=1S/C22H24N4O3/c1-22(2)28-16-20(29-22)15-25(21(27)17-8-11-23-12-9-17)14-19-10-13-24-26(19)18-6-4-3-5-7-18/h3-13,20H,14-16H2,1-2H3/t20-/m0/s1. The summed E-state index contributed by atoms with van der Waals surface area (Å²) in [4.78, 5) is 19.0. The number of pyridine rings is 1. The minimum Gasteiger partial charge on any atom is -0.348 e. The summed E-state index contributed by atoms with van der Waals surface area (Å²) in [6.45, 7) is 5.03. The smallest absolute Gasteiger partial charge is 0.254 e. The van der Waals surface area contributed by atoms with Gasteiger partial charge in [0.2, 0.25) is 0 Å². The van der Waals surface area contributed by atoms with Gasteiger partial charge in [0.05, 0.1) is 31.1 Å². The van der Waals surface area contributed by atoms with Crippen molar-refractivity contribution in [2.24, 2.45) is 0 Å². The lowest BCUT2D eigenvalue weighted by Gasteiger charge is -2.26. The maximum atomic E-state index is 13.2. The van der Waals surface area contributed by atoms with Crippen LogP contribution in [0.5, 0.6) is 0 Å². The highest BCUT2D eigenvalue weighted by Gasteiger charge is 2.35. The SMILES string of the molecule is CC1(C)OC[C@H](CN(Cc2ccnn2-c2ccccc2)C(=O)c2ccncc2)O1. The molecule has 4 rings (SSSR count). The Morgan fingerprint density at radius 3 is 2.59 bits per heavy atom. The molecule has 0 radical (unpaired) electrons. The molecule has 7 nitrogen and oxygen atoms in total. The third-order valence-electron chi connectivity index (χ3n) is 4.78. The molecular formula is C22H24N4O3. The summed E-state index contributed by atoms with van der Waals surface area (Å²) in [5, 5.41) is 4.44. The molecule has 0 N–H and O–H groups in total. The number of carbonyl (C=O) groups is 1. The molecule has 1 atom stereocenters. The quantitative estimate of drug-likeness (QED) is 0.645. The zero-order valence-corrected chi connectivity index (χ0v) is 16.6. The van der Waals surface area contributed by atoms with E-state index in [4.69, 9.17) is 9.47 Å². The monoisotopic (exact) mass is 392 g/mol. The minimum absolute atomic E-state index is 0.0819. The average Bonchev–Trinajstić information content (AvgIpc) is 3.34. The minimum atomic E-state index is -0.637. The number of rotatable bonds is 6. The van der Waals surface area contributed by atoms with Gasteiger partial charge < -0.3 is 14.4 Å². The molecule has 1 saturated heterocycles. The fourth-order valence-electron chi connectivity index (χ4n) is 3.44. The zero-order valence-electron chi connectivity index (χ0n) is 16.6. The predicted octanol–water partition coefficient (Wildman–Crippen LogP) is 3.06. The summed E-state index contributed by atoms with van der Waals surface area (Å²) >= 11 is 0. The van der Waals surface area contributed by atoms with Crippen molar-refractivity contribution in [3.63, 3.8) is 0 Å². The molecule has 0 aliphatic carbocycles. The normalized spacial score (nSPS) is 17.9. The molecule has 1 aliphatic rings. The van der Waals surface area contributed by atoms with Crippen LogP contribution in [0.1, 0.15) is 29.9 Å². The fraction of sp³-hybridized carbons (Fsp3) is 0.318. The van der Waals surface area contributed by atoms with Gasteiger partial charge in [-0.2, -0.15) is 5.10 Å². The molecule has 150 valence electrons. The zero-order chi connectivity index (χ0) is 20.3. The lowest BCUT2D eigenvalue weighted by Crippen LogP contribution is -2.39. The first-order chi connectivity index (χ1) is 14.0. The molecule has 1 fully saturated rings. The van der Waals surface area contributed by atoms with E-state index in [0.717, 1.165) is 11.4 Å². The van der Waals surface area contributed by atoms with Crippen LogP contribution < -0.4 is 0 Å². The number of amides is 1. The summed E-state index contributed by atoms with van der Waals surface area (Å²) < 4.78 is 13.5. The number of hydrogen-bond donors (Lipinski definition) is 0. The molecule has 0 unspecified atom stereocenters. The van der Waals surface area contributed by atoms with E-state index in [1.165, 1.54) is 0 Å². The first-order valence-electron chi connectivity index (χ1n) is 9.61. The Balaban J connectivity index is 1.59. The Kier molecular flexibility index (Phi) is 5.42. The third kappa shape index (κ3) is 4.52. The average molecular weight is 392 g/mol. The Labute approximate surface area is 169 Å². The van der Waals surface area contributed by atoms with E-state index in [1.54, 1.807) is 35.6 Å². The van der Waals surface area contributed by atoms with Crippen LogP contribution >= 0.6 is 0 Å². The van der Waals surface area contributed by atoms with Crippen molar-refractivity contribution in [2.45, 2.75) is 32.3 Å². The van der Waals surface area contributed by atoms with E-state index in [2.05, 4.69) is 10.1 Å². The van der Waals surface area contributed by atoms with Crippen molar-refractivity contribution in [1.82, 2.24) is 19.7 Å². The van der Waals surface area contributed by atoms with Crippen molar-refractivity contribution in [2.75, 3.05) is 13.2 Å². The molecule has 0 bridgehead atoms. The van der Waals surface area contributed by atoms with Crippen molar-refractivity contribution in [3.8, 4) is 5.69 Å². The Bertz CT molecular complexity index is 956. The molecule has 2 aromatic heterocycles. The molecule has 3 heterocycles.